The van der Waals surface area contributed by atoms with Gasteiger partial charge < -0.3 is 11.1 Å². The van der Waals surface area contributed by atoms with E-state index in [4.69, 9.17) is 5.73 Å². The van der Waals surface area contributed by atoms with Crippen LogP contribution in [0.4, 0.5) is 10.1 Å². The first-order valence-electron chi connectivity index (χ1n) is 8.16. The second kappa shape index (κ2) is 6.68. The summed E-state index contributed by atoms with van der Waals surface area (Å²) >= 11 is 0. The standard InChI is InChI=1S/C16H19FN6O.ClH/c1-8-20-21-22-23(8)13-7-11(4-5-12(13)17)19-16(24)14-9-2-3-10(6-9)15(14)18;/h4-5,7,9-10,14-15H,2-3,6,18H2,1H3,(H,19,24);1H. The number of rotatable bonds is 3. The van der Waals surface area contributed by atoms with Crippen LogP contribution in [-0.4, -0.2) is 32.2 Å². The summed E-state index contributed by atoms with van der Waals surface area (Å²) in [4.78, 5) is 12.6. The van der Waals surface area contributed by atoms with Crippen LogP contribution in [0.25, 0.3) is 5.69 Å². The Balaban J connectivity index is 0.00000182. The first kappa shape index (κ1) is 17.8. The highest BCUT2D eigenvalue weighted by Crippen LogP contribution is 2.47. The monoisotopic (exact) mass is 366 g/mol. The third-order valence-electron chi connectivity index (χ3n) is 5.35. The minimum Gasteiger partial charge on any atom is -0.327 e. The van der Waals surface area contributed by atoms with Crippen LogP contribution in [0.5, 0.6) is 0 Å². The summed E-state index contributed by atoms with van der Waals surface area (Å²) in [5, 5.41) is 13.9. The number of hydrogen-bond donors (Lipinski definition) is 2. The van der Waals surface area contributed by atoms with Crippen LogP contribution in [-0.2, 0) is 4.79 Å². The minimum absolute atomic E-state index is 0. The molecule has 3 N–H and O–H groups in total. The van der Waals surface area contributed by atoms with Gasteiger partial charge in [-0.25, -0.2) is 4.39 Å². The maximum absolute atomic E-state index is 14.1. The summed E-state index contributed by atoms with van der Waals surface area (Å²) in [6.45, 7) is 1.68. The number of aromatic nitrogens is 4. The number of carbonyl (C=O) groups is 1. The van der Waals surface area contributed by atoms with E-state index in [9.17, 15) is 9.18 Å². The molecule has 0 radical (unpaired) electrons. The average molecular weight is 367 g/mol. The zero-order valence-corrected chi connectivity index (χ0v) is 14.5. The van der Waals surface area contributed by atoms with Crippen molar-refractivity contribution >= 4 is 24.0 Å². The number of amides is 1. The van der Waals surface area contributed by atoms with E-state index in [0.29, 0.717) is 23.3 Å². The Labute approximate surface area is 150 Å². The Kier molecular flexibility index (Phi) is 4.75. The Morgan fingerprint density at radius 2 is 2.12 bits per heavy atom. The number of halogens is 2. The molecule has 4 rings (SSSR count). The zero-order valence-electron chi connectivity index (χ0n) is 13.7. The van der Waals surface area contributed by atoms with E-state index in [-0.39, 0.29) is 36.0 Å². The number of carbonyl (C=O) groups excluding carboxylic acids is 1. The Hall–Kier alpha value is -2.06. The van der Waals surface area contributed by atoms with E-state index in [2.05, 4.69) is 20.8 Å². The highest BCUT2D eigenvalue weighted by atomic mass is 35.5. The molecular formula is C16H20ClFN6O. The number of nitrogens with two attached hydrogens (primary N) is 1. The molecule has 1 amide bonds. The van der Waals surface area contributed by atoms with Crippen LogP contribution >= 0.6 is 12.4 Å². The van der Waals surface area contributed by atoms with Crippen molar-refractivity contribution in [2.24, 2.45) is 23.5 Å². The lowest BCUT2D eigenvalue weighted by atomic mass is 9.84. The van der Waals surface area contributed by atoms with Gasteiger partial charge in [-0.15, -0.1) is 17.5 Å². The molecule has 25 heavy (non-hydrogen) atoms. The van der Waals surface area contributed by atoms with E-state index >= 15 is 0 Å². The summed E-state index contributed by atoms with van der Waals surface area (Å²) in [6.07, 6.45) is 3.22. The van der Waals surface area contributed by atoms with Crippen molar-refractivity contribution in [2.45, 2.75) is 32.2 Å². The van der Waals surface area contributed by atoms with Gasteiger partial charge in [0.1, 0.15) is 11.5 Å². The molecule has 1 heterocycles. The van der Waals surface area contributed by atoms with Crippen LogP contribution in [0.15, 0.2) is 18.2 Å². The van der Waals surface area contributed by atoms with Gasteiger partial charge in [0, 0.05) is 11.7 Å². The van der Waals surface area contributed by atoms with Gasteiger partial charge in [-0.3, -0.25) is 4.79 Å². The predicted molar refractivity (Wildman–Crippen MR) is 92.0 cm³/mol. The van der Waals surface area contributed by atoms with E-state index in [1.807, 2.05) is 0 Å². The minimum atomic E-state index is -0.458. The second-order valence-electron chi connectivity index (χ2n) is 6.73. The molecular weight excluding hydrogens is 347 g/mol. The Morgan fingerprint density at radius 3 is 2.76 bits per heavy atom. The first-order valence-corrected chi connectivity index (χ1v) is 8.16. The molecule has 7 nitrogen and oxygen atoms in total. The van der Waals surface area contributed by atoms with Crippen molar-refractivity contribution in [3.63, 3.8) is 0 Å². The van der Waals surface area contributed by atoms with Crippen molar-refractivity contribution in [3.8, 4) is 5.69 Å². The maximum atomic E-state index is 14.1. The van der Waals surface area contributed by atoms with Crippen LogP contribution in [0.3, 0.4) is 0 Å². The number of nitrogens with zero attached hydrogens (tertiary/aromatic N) is 4. The fraction of sp³-hybridized carbons (Fsp3) is 0.500. The quantitative estimate of drug-likeness (QED) is 0.863. The number of anilines is 1. The van der Waals surface area contributed by atoms with Gasteiger partial charge >= 0.3 is 0 Å². The molecule has 4 unspecified atom stereocenters. The van der Waals surface area contributed by atoms with Gasteiger partial charge in [0.2, 0.25) is 5.91 Å². The first-order chi connectivity index (χ1) is 11.5. The third-order valence-corrected chi connectivity index (χ3v) is 5.35. The number of aryl methyl sites for hydroxylation is 1. The Morgan fingerprint density at radius 1 is 1.36 bits per heavy atom. The third kappa shape index (κ3) is 3.00. The van der Waals surface area contributed by atoms with E-state index in [1.54, 1.807) is 6.92 Å². The molecule has 2 fully saturated rings. The van der Waals surface area contributed by atoms with Crippen molar-refractivity contribution < 1.29 is 9.18 Å². The predicted octanol–water partition coefficient (Wildman–Crippen LogP) is 1.84. The molecule has 9 heteroatoms. The lowest BCUT2D eigenvalue weighted by Crippen LogP contribution is -2.42. The largest absolute Gasteiger partial charge is 0.327 e. The average Bonchev–Trinajstić information content (AvgIpc) is 3.25. The highest BCUT2D eigenvalue weighted by Gasteiger charge is 2.49. The number of benzene rings is 1. The number of fused-ring (bicyclic) bond motifs is 2. The summed E-state index contributed by atoms with van der Waals surface area (Å²) in [7, 11) is 0. The molecule has 0 spiro atoms. The van der Waals surface area contributed by atoms with Gasteiger partial charge in [0.15, 0.2) is 5.82 Å². The molecule has 0 aliphatic heterocycles. The van der Waals surface area contributed by atoms with Crippen LogP contribution in [0, 0.1) is 30.5 Å². The summed E-state index contributed by atoms with van der Waals surface area (Å²) in [5.41, 5.74) is 6.93. The number of hydrogen-bond acceptors (Lipinski definition) is 5. The molecule has 4 atom stereocenters. The molecule has 134 valence electrons. The van der Waals surface area contributed by atoms with Crippen LogP contribution in [0.2, 0.25) is 0 Å². The molecule has 2 aliphatic rings. The molecule has 2 saturated carbocycles. The van der Waals surface area contributed by atoms with Gasteiger partial charge in [-0.05, 0) is 66.6 Å². The highest BCUT2D eigenvalue weighted by molar-refractivity contribution is 5.93. The topological polar surface area (TPSA) is 98.7 Å². The fourth-order valence-electron chi connectivity index (χ4n) is 4.16. The van der Waals surface area contributed by atoms with E-state index in [1.165, 1.54) is 22.9 Å². The van der Waals surface area contributed by atoms with E-state index in [0.717, 1.165) is 19.3 Å². The van der Waals surface area contributed by atoms with Gasteiger partial charge in [-0.1, -0.05) is 0 Å². The molecule has 2 aromatic rings. The summed E-state index contributed by atoms with van der Waals surface area (Å²) in [5.74, 6) is 0.588. The molecule has 2 bridgehead atoms. The van der Waals surface area contributed by atoms with Crippen molar-refractivity contribution in [1.82, 2.24) is 20.2 Å². The smallest absolute Gasteiger partial charge is 0.229 e. The fourth-order valence-corrected chi connectivity index (χ4v) is 4.16. The summed E-state index contributed by atoms with van der Waals surface area (Å²) < 4.78 is 15.4. The van der Waals surface area contributed by atoms with Gasteiger partial charge in [-0.2, -0.15) is 4.68 Å². The maximum Gasteiger partial charge on any atom is 0.229 e. The molecule has 1 aromatic carbocycles. The molecule has 0 saturated heterocycles. The molecule has 2 aliphatic carbocycles. The second-order valence-corrected chi connectivity index (χ2v) is 6.73. The lowest BCUT2D eigenvalue weighted by molar-refractivity contribution is -0.121. The van der Waals surface area contributed by atoms with Gasteiger partial charge in [0.25, 0.3) is 0 Å². The number of tetrazole rings is 1. The van der Waals surface area contributed by atoms with Crippen molar-refractivity contribution in [1.29, 1.82) is 0 Å². The van der Waals surface area contributed by atoms with Crippen LogP contribution in [0.1, 0.15) is 25.1 Å². The molecule has 1 aromatic heterocycles. The van der Waals surface area contributed by atoms with E-state index < -0.39 is 5.82 Å². The zero-order chi connectivity index (χ0) is 16.8. The van der Waals surface area contributed by atoms with Crippen molar-refractivity contribution in [2.75, 3.05) is 5.32 Å². The van der Waals surface area contributed by atoms with Crippen molar-refractivity contribution in [3.05, 3.63) is 29.8 Å². The number of nitrogens with one attached hydrogen (secondary N) is 1. The van der Waals surface area contributed by atoms with Gasteiger partial charge in [0.05, 0.1) is 5.92 Å². The SMILES string of the molecule is Cc1nnnn1-c1cc(NC(=O)C2C3CCC(C3)C2N)ccc1F.Cl. The normalized spacial score (nSPS) is 27.2. The summed E-state index contributed by atoms with van der Waals surface area (Å²) in [6, 6.07) is 4.29. The van der Waals surface area contributed by atoms with Crippen LogP contribution < -0.4 is 11.1 Å². The lowest BCUT2D eigenvalue weighted by Gasteiger charge is -2.27. The Bertz CT molecular complexity index is 795.